The Morgan fingerprint density at radius 1 is 1.27 bits per heavy atom. The third-order valence-electron chi connectivity index (χ3n) is 2.67. The van der Waals surface area contributed by atoms with Gasteiger partial charge in [-0.25, -0.2) is 0 Å². The Morgan fingerprint density at radius 3 is 2.33 bits per heavy atom. The second-order valence-corrected chi connectivity index (χ2v) is 4.08. The second kappa shape index (κ2) is 5.76. The van der Waals surface area contributed by atoms with E-state index in [-0.39, 0.29) is 6.10 Å². The van der Waals surface area contributed by atoms with Crippen molar-refractivity contribution in [3.05, 3.63) is 29.8 Å². The molecule has 0 aliphatic carbocycles. The first kappa shape index (κ1) is 12.1. The minimum atomic E-state index is -0.220. The molecule has 1 unspecified atom stereocenters. The van der Waals surface area contributed by atoms with Crippen LogP contribution >= 0.6 is 0 Å². The molecule has 1 atom stereocenters. The molecule has 0 fully saturated rings. The van der Waals surface area contributed by atoms with Gasteiger partial charge in [-0.05, 0) is 37.5 Å². The Hall–Kier alpha value is -1.02. The van der Waals surface area contributed by atoms with Crippen LogP contribution in [0.3, 0.4) is 0 Å². The van der Waals surface area contributed by atoms with Crippen molar-refractivity contribution in [1.29, 1.82) is 0 Å². The van der Waals surface area contributed by atoms with Gasteiger partial charge in [-0.2, -0.15) is 0 Å². The zero-order valence-electron chi connectivity index (χ0n) is 9.90. The Morgan fingerprint density at radius 2 is 1.87 bits per heavy atom. The molecular weight excluding hydrogens is 186 g/mol. The van der Waals surface area contributed by atoms with Crippen LogP contribution in [0.4, 0.5) is 5.69 Å². The smallest absolute Gasteiger partial charge is 0.0528 e. The van der Waals surface area contributed by atoms with Gasteiger partial charge in [0.1, 0.15) is 0 Å². The van der Waals surface area contributed by atoms with E-state index in [1.165, 1.54) is 11.3 Å². The molecule has 1 aromatic carbocycles. The van der Waals surface area contributed by atoms with Crippen LogP contribution in [0.2, 0.25) is 0 Å². The maximum absolute atomic E-state index is 9.20. The van der Waals surface area contributed by atoms with Gasteiger partial charge in [0.15, 0.2) is 0 Å². The Balaban J connectivity index is 2.54. The van der Waals surface area contributed by atoms with E-state index in [9.17, 15) is 5.11 Å². The molecule has 0 amide bonds. The second-order valence-electron chi connectivity index (χ2n) is 4.08. The normalized spacial score (nSPS) is 12.5. The van der Waals surface area contributed by atoms with Gasteiger partial charge in [0, 0.05) is 19.3 Å². The van der Waals surface area contributed by atoms with Crippen molar-refractivity contribution in [3.8, 4) is 0 Å². The summed E-state index contributed by atoms with van der Waals surface area (Å²) in [5, 5.41) is 9.20. The van der Waals surface area contributed by atoms with Gasteiger partial charge in [-0.3, -0.25) is 0 Å². The zero-order valence-corrected chi connectivity index (χ0v) is 9.90. The summed E-state index contributed by atoms with van der Waals surface area (Å²) in [6, 6.07) is 8.60. The molecule has 15 heavy (non-hydrogen) atoms. The maximum Gasteiger partial charge on any atom is 0.0528 e. The van der Waals surface area contributed by atoms with Crippen molar-refractivity contribution in [2.45, 2.75) is 32.8 Å². The topological polar surface area (TPSA) is 23.5 Å². The molecule has 1 N–H and O–H groups in total. The number of nitrogens with zero attached hydrogens (tertiary/aromatic N) is 1. The summed E-state index contributed by atoms with van der Waals surface area (Å²) in [4.78, 5) is 2.17. The Labute approximate surface area is 92.5 Å². The summed E-state index contributed by atoms with van der Waals surface area (Å²) in [5.41, 5.74) is 2.58. The van der Waals surface area contributed by atoms with Gasteiger partial charge in [0.25, 0.3) is 0 Å². The highest BCUT2D eigenvalue weighted by Crippen LogP contribution is 2.14. The van der Waals surface area contributed by atoms with Crippen molar-refractivity contribution in [3.63, 3.8) is 0 Å². The van der Waals surface area contributed by atoms with Crippen LogP contribution in [-0.4, -0.2) is 24.8 Å². The summed E-state index contributed by atoms with van der Waals surface area (Å²) in [7, 11) is 2.06. The minimum Gasteiger partial charge on any atom is -0.393 e. The number of hydrogen-bond donors (Lipinski definition) is 1. The molecule has 0 aromatic heterocycles. The first-order valence-corrected chi connectivity index (χ1v) is 5.61. The van der Waals surface area contributed by atoms with Gasteiger partial charge < -0.3 is 10.0 Å². The molecule has 0 saturated carbocycles. The van der Waals surface area contributed by atoms with Gasteiger partial charge >= 0.3 is 0 Å². The monoisotopic (exact) mass is 207 g/mol. The van der Waals surface area contributed by atoms with Gasteiger partial charge in [-0.15, -0.1) is 0 Å². The van der Waals surface area contributed by atoms with Crippen LogP contribution in [-0.2, 0) is 6.42 Å². The predicted molar refractivity (Wildman–Crippen MR) is 65.4 cm³/mol. The fourth-order valence-corrected chi connectivity index (χ4v) is 1.50. The average molecular weight is 207 g/mol. The summed E-state index contributed by atoms with van der Waals surface area (Å²) in [6.07, 6.45) is 1.67. The first-order valence-electron chi connectivity index (χ1n) is 5.61. The van der Waals surface area contributed by atoms with E-state index < -0.39 is 0 Å². The van der Waals surface area contributed by atoms with Crippen molar-refractivity contribution in [2.75, 3.05) is 18.5 Å². The van der Waals surface area contributed by atoms with Crippen molar-refractivity contribution in [1.82, 2.24) is 0 Å². The number of benzene rings is 1. The number of hydrogen-bond acceptors (Lipinski definition) is 2. The highest BCUT2D eigenvalue weighted by molar-refractivity contribution is 5.46. The lowest BCUT2D eigenvalue weighted by atomic mass is 10.1. The molecule has 0 aliphatic rings. The van der Waals surface area contributed by atoms with Gasteiger partial charge in [0.05, 0.1) is 6.10 Å². The van der Waals surface area contributed by atoms with E-state index in [4.69, 9.17) is 0 Å². The molecule has 1 aromatic rings. The summed E-state index contributed by atoms with van der Waals surface area (Å²) in [6.45, 7) is 4.88. The largest absolute Gasteiger partial charge is 0.393 e. The molecule has 0 spiro atoms. The Kier molecular flexibility index (Phi) is 4.63. The SMILES string of the molecule is CCc1ccc(N(C)CCC(C)O)cc1. The minimum absolute atomic E-state index is 0.220. The molecule has 0 heterocycles. The molecule has 0 bridgehead atoms. The third-order valence-corrected chi connectivity index (χ3v) is 2.67. The van der Waals surface area contributed by atoms with Crippen LogP contribution < -0.4 is 4.90 Å². The molecular formula is C13H21NO. The number of aryl methyl sites for hydroxylation is 1. The number of rotatable bonds is 5. The summed E-state index contributed by atoms with van der Waals surface area (Å²) >= 11 is 0. The zero-order chi connectivity index (χ0) is 11.3. The van der Waals surface area contributed by atoms with Gasteiger partial charge in [-0.1, -0.05) is 19.1 Å². The van der Waals surface area contributed by atoms with E-state index in [0.717, 1.165) is 19.4 Å². The third kappa shape index (κ3) is 3.92. The molecule has 84 valence electrons. The number of anilines is 1. The van der Waals surface area contributed by atoms with E-state index >= 15 is 0 Å². The fourth-order valence-electron chi connectivity index (χ4n) is 1.50. The lowest BCUT2D eigenvalue weighted by molar-refractivity contribution is 0.187. The standard InChI is InChI=1S/C13H21NO/c1-4-12-5-7-13(8-6-12)14(3)10-9-11(2)15/h5-8,11,15H,4,9-10H2,1-3H3. The van der Waals surface area contributed by atoms with E-state index in [1.54, 1.807) is 0 Å². The molecule has 2 nitrogen and oxygen atoms in total. The highest BCUT2D eigenvalue weighted by atomic mass is 16.3. The molecule has 0 radical (unpaired) electrons. The van der Waals surface area contributed by atoms with Crippen molar-refractivity contribution < 1.29 is 5.11 Å². The predicted octanol–water partition coefficient (Wildman–Crippen LogP) is 2.46. The number of aliphatic hydroxyl groups excluding tert-OH is 1. The summed E-state index contributed by atoms with van der Waals surface area (Å²) < 4.78 is 0. The quantitative estimate of drug-likeness (QED) is 0.801. The lowest BCUT2D eigenvalue weighted by Gasteiger charge is -2.20. The van der Waals surface area contributed by atoms with E-state index in [1.807, 2.05) is 6.92 Å². The van der Waals surface area contributed by atoms with Crippen LogP contribution in [0.5, 0.6) is 0 Å². The van der Waals surface area contributed by atoms with E-state index in [2.05, 4.69) is 43.1 Å². The fraction of sp³-hybridized carbons (Fsp3) is 0.538. The van der Waals surface area contributed by atoms with Crippen LogP contribution in [0.15, 0.2) is 24.3 Å². The molecule has 1 rings (SSSR count). The average Bonchev–Trinajstić information content (AvgIpc) is 2.26. The van der Waals surface area contributed by atoms with E-state index in [0.29, 0.717) is 0 Å². The van der Waals surface area contributed by atoms with Gasteiger partial charge in [0.2, 0.25) is 0 Å². The molecule has 2 heteroatoms. The first-order chi connectivity index (χ1) is 7.13. The highest BCUT2D eigenvalue weighted by Gasteiger charge is 2.02. The van der Waals surface area contributed by atoms with Crippen LogP contribution in [0.1, 0.15) is 25.8 Å². The lowest BCUT2D eigenvalue weighted by Crippen LogP contribution is -2.21. The molecule has 0 aliphatic heterocycles. The van der Waals surface area contributed by atoms with Crippen molar-refractivity contribution in [2.24, 2.45) is 0 Å². The van der Waals surface area contributed by atoms with Crippen LogP contribution in [0.25, 0.3) is 0 Å². The molecule has 0 saturated heterocycles. The maximum atomic E-state index is 9.20. The summed E-state index contributed by atoms with van der Waals surface area (Å²) in [5.74, 6) is 0. The number of aliphatic hydroxyl groups is 1. The Bertz CT molecular complexity index is 279. The van der Waals surface area contributed by atoms with Crippen LogP contribution in [0, 0.1) is 0 Å². The van der Waals surface area contributed by atoms with Crippen molar-refractivity contribution >= 4 is 5.69 Å².